The molecule has 17 heavy (non-hydrogen) atoms. The molecule has 6 nitrogen and oxygen atoms in total. The first kappa shape index (κ1) is 12.5. The molecule has 96 valence electrons. The molecular weight excluding hydrogens is 242 g/mol. The van der Waals surface area contributed by atoms with E-state index in [-0.39, 0.29) is 17.8 Å². The predicted octanol–water partition coefficient (Wildman–Crippen LogP) is 0.770. The van der Waals surface area contributed by atoms with Crippen LogP contribution in [0.25, 0.3) is 0 Å². The Morgan fingerprint density at radius 3 is 2.71 bits per heavy atom. The van der Waals surface area contributed by atoms with Crippen molar-refractivity contribution in [2.45, 2.75) is 43.4 Å². The minimum Gasteiger partial charge on any atom is -0.339 e. The lowest BCUT2D eigenvalue weighted by Crippen LogP contribution is -2.14. The van der Waals surface area contributed by atoms with E-state index in [1.165, 1.54) is 6.26 Å². The first-order valence-electron chi connectivity index (χ1n) is 5.66. The first-order valence-corrected chi connectivity index (χ1v) is 7.61. The summed E-state index contributed by atoms with van der Waals surface area (Å²) in [5.41, 5.74) is 5.81. The van der Waals surface area contributed by atoms with Crippen LogP contribution in [0.5, 0.6) is 0 Å². The summed E-state index contributed by atoms with van der Waals surface area (Å²) in [6.07, 6.45) is 3.87. The zero-order valence-electron chi connectivity index (χ0n) is 9.96. The van der Waals surface area contributed by atoms with Gasteiger partial charge in [-0.15, -0.1) is 0 Å². The van der Waals surface area contributed by atoms with Crippen LogP contribution in [0.15, 0.2) is 4.52 Å². The fourth-order valence-electron chi connectivity index (χ4n) is 2.01. The molecule has 1 saturated carbocycles. The molecule has 1 aliphatic rings. The van der Waals surface area contributed by atoms with Crippen LogP contribution in [0.4, 0.5) is 0 Å². The highest BCUT2D eigenvalue weighted by Gasteiger charge is 2.30. The lowest BCUT2D eigenvalue weighted by atomic mass is 10.1. The van der Waals surface area contributed by atoms with Crippen molar-refractivity contribution in [1.82, 2.24) is 10.1 Å². The van der Waals surface area contributed by atoms with Crippen molar-refractivity contribution in [3.05, 3.63) is 11.7 Å². The second-order valence-electron chi connectivity index (χ2n) is 4.73. The van der Waals surface area contributed by atoms with E-state index in [9.17, 15) is 8.42 Å². The van der Waals surface area contributed by atoms with E-state index < -0.39 is 15.1 Å². The number of hydrogen-bond acceptors (Lipinski definition) is 6. The molecule has 3 unspecified atom stereocenters. The summed E-state index contributed by atoms with van der Waals surface area (Å²) in [6, 6.07) is 0.183. The topological polar surface area (TPSA) is 99.1 Å². The average molecular weight is 259 g/mol. The Balaban J connectivity index is 2.16. The highest BCUT2D eigenvalue weighted by molar-refractivity contribution is 7.90. The maximum Gasteiger partial charge on any atom is 0.229 e. The minimum absolute atomic E-state index is 0.179. The van der Waals surface area contributed by atoms with Crippen molar-refractivity contribution in [2.24, 2.45) is 5.73 Å². The zero-order valence-corrected chi connectivity index (χ0v) is 10.8. The Bertz CT molecular complexity index is 497. The molecule has 1 aromatic heterocycles. The summed E-state index contributed by atoms with van der Waals surface area (Å²) < 4.78 is 27.9. The van der Waals surface area contributed by atoms with E-state index in [2.05, 4.69) is 10.1 Å². The standard InChI is InChI=1S/C10H17N3O3S/c1-6(17(2,14)15)9-12-10(16-13-9)7-3-4-8(11)5-7/h6-8H,3-5,11H2,1-2H3. The van der Waals surface area contributed by atoms with Crippen molar-refractivity contribution in [3.8, 4) is 0 Å². The Labute approximate surface area is 100 Å². The van der Waals surface area contributed by atoms with Gasteiger partial charge in [0.05, 0.1) is 0 Å². The molecule has 0 aliphatic heterocycles. The van der Waals surface area contributed by atoms with E-state index in [4.69, 9.17) is 10.3 Å². The van der Waals surface area contributed by atoms with Crippen LogP contribution < -0.4 is 5.73 Å². The van der Waals surface area contributed by atoms with E-state index in [1.807, 2.05) is 0 Å². The largest absolute Gasteiger partial charge is 0.339 e. The molecule has 0 amide bonds. The second kappa shape index (κ2) is 4.38. The van der Waals surface area contributed by atoms with Gasteiger partial charge in [0.15, 0.2) is 15.7 Å². The molecule has 0 radical (unpaired) electrons. The quantitative estimate of drug-likeness (QED) is 0.860. The molecule has 1 aromatic rings. The third-order valence-electron chi connectivity index (χ3n) is 3.29. The van der Waals surface area contributed by atoms with E-state index in [1.54, 1.807) is 6.92 Å². The van der Waals surface area contributed by atoms with Gasteiger partial charge in [-0.2, -0.15) is 4.98 Å². The summed E-state index contributed by atoms with van der Waals surface area (Å²) in [5.74, 6) is 0.935. The average Bonchev–Trinajstić information content (AvgIpc) is 2.83. The van der Waals surface area contributed by atoms with Crippen molar-refractivity contribution < 1.29 is 12.9 Å². The molecule has 0 bridgehead atoms. The number of rotatable bonds is 3. The van der Waals surface area contributed by atoms with Crippen LogP contribution in [-0.4, -0.2) is 30.9 Å². The van der Waals surface area contributed by atoms with Gasteiger partial charge in [-0.1, -0.05) is 5.16 Å². The first-order chi connectivity index (χ1) is 7.88. The zero-order chi connectivity index (χ0) is 12.6. The summed E-state index contributed by atoms with van der Waals surface area (Å²) in [7, 11) is -3.19. The lowest BCUT2D eigenvalue weighted by Gasteiger charge is -2.03. The van der Waals surface area contributed by atoms with E-state index in [0.29, 0.717) is 5.89 Å². The molecule has 1 fully saturated rings. The number of nitrogens with two attached hydrogens (primary N) is 1. The third kappa shape index (κ3) is 2.66. The van der Waals surface area contributed by atoms with Gasteiger partial charge in [0, 0.05) is 18.2 Å². The Hall–Kier alpha value is -0.950. The molecule has 2 rings (SSSR count). The molecule has 1 aliphatic carbocycles. The van der Waals surface area contributed by atoms with Gasteiger partial charge < -0.3 is 10.3 Å². The summed E-state index contributed by atoms with van der Waals surface area (Å²) in [4.78, 5) is 4.18. The Morgan fingerprint density at radius 2 is 2.18 bits per heavy atom. The molecule has 0 aromatic carbocycles. The maximum atomic E-state index is 11.4. The number of nitrogens with zero attached hydrogens (tertiary/aromatic N) is 2. The van der Waals surface area contributed by atoms with Crippen molar-refractivity contribution >= 4 is 9.84 Å². The molecule has 3 atom stereocenters. The molecule has 7 heteroatoms. The summed E-state index contributed by atoms with van der Waals surface area (Å²) in [5, 5.41) is 3.02. The van der Waals surface area contributed by atoms with Gasteiger partial charge in [-0.25, -0.2) is 8.42 Å². The predicted molar refractivity (Wildman–Crippen MR) is 62.1 cm³/mol. The number of hydrogen-bond donors (Lipinski definition) is 1. The van der Waals surface area contributed by atoms with E-state index >= 15 is 0 Å². The number of aromatic nitrogens is 2. The summed E-state index contributed by atoms with van der Waals surface area (Å²) >= 11 is 0. The van der Waals surface area contributed by atoms with Crippen LogP contribution in [0.2, 0.25) is 0 Å². The Kier molecular flexibility index (Phi) is 3.22. The van der Waals surface area contributed by atoms with Gasteiger partial charge >= 0.3 is 0 Å². The molecular formula is C10H17N3O3S. The smallest absolute Gasteiger partial charge is 0.229 e. The minimum atomic E-state index is -3.19. The van der Waals surface area contributed by atoms with Gasteiger partial charge in [0.25, 0.3) is 0 Å². The maximum absolute atomic E-state index is 11.4. The van der Waals surface area contributed by atoms with Gasteiger partial charge in [0.2, 0.25) is 5.89 Å². The normalized spacial score (nSPS) is 27.2. The third-order valence-corrected chi connectivity index (χ3v) is 4.78. The van der Waals surface area contributed by atoms with Crippen LogP contribution in [0.3, 0.4) is 0 Å². The van der Waals surface area contributed by atoms with Crippen molar-refractivity contribution in [3.63, 3.8) is 0 Å². The molecule has 2 N–H and O–H groups in total. The van der Waals surface area contributed by atoms with Gasteiger partial charge in [0.1, 0.15) is 5.25 Å². The SMILES string of the molecule is CC(c1noc(C2CCC(N)C2)n1)S(C)(=O)=O. The number of sulfone groups is 1. The van der Waals surface area contributed by atoms with Crippen LogP contribution in [0, 0.1) is 0 Å². The molecule has 1 heterocycles. The van der Waals surface area contributed by atoms with E-state index in [0.717, 1.165) is 19.3 Å². The van der Waals surface area contributed by atoms with Crippen molar-refractivity contribution in [2.75, 3.05) is 6.26 Å². The van der Waals surface area contributed by atoms with Crippen molar-refractivity contribution in [1.29, 1.82) is 0 Å². The second-order valence-corrected chi connectivity index (χ2v) is 7.10. The highest BCUT2D eigenvalue weighted by Crippen LogP contribution is 2.33. The van der Waals surface area contributed by atoms with Gasteiger partial charge in [-0.05, 0) is 26.2 Å². The lowest BCUT2D eigenvalue weighted by molar-refractivity contribution is 0.349. The fraction of sp³-hybridized carbons (Fsp3) is 0.800. The van der Waals surface area contributed by atoms with Gasteiger partial charge in [-0.3, -0.25) is 0 Å². The van der Waals surface area contributed by atoms with Crippen LogP contribution >= 0.6 is 0 Å². The Morgan fingerprint density at radius 1 is 1.47 bits per heavy atom. The molecule has 0 saturated heterocycles. The summed E-state index contributed by atoms with van der Waals surface area (Å²) in [6.45, 7) is 1.56. The molecule has 0 spiro atoms. The monoisotopic (exact) mass is 259 g/mol. The van der Waals surface area contributed by atoms with Crippen LogP contribution in [-0.2, 0) is 9.84 Å². The van der Waals surface area contributed by atoms with Crippen LogP contribution in [0.1, 0.15) is 49.1 Å². The highest BCUT2D eigenvalue weighted by atomic mass is 32.2. The fourth-order valence-corrected chi connectivity index (χ4v) is 2.49.